The van der Waals surface area contributed by atoms with Crippen LogP contribution in [0.25, 0.3) is 0 Å². The van der Waals surface area contributed by atoms with Crippen LogP contribution in [0.3, 0.4) is 0 Å². The van der Waals surface area contributed by atoms with Gasteiger partial charge in [-0.1, -0.05) is 305 Å². The minimum atomic E-state index is -4.71. The normalized spacial score (nSPS) is 14.1. The number of nitrogens with zero attached hydrogens (tertiary/aromatic N) is 1. The predicted octanol–water partition coefficient (Wildman–Crippen LogP) is 22.8. The van der Waals surface area contributed by atoms with Crippen LogP contribution in [0.15, 0.2) is 97.2 Å². The molecular formula is C77H139N2O7P. The predicted molar refractivity (Wildman–Crippen MR) is 376 cm³/mol. The SMILES string of the molecule is CC/C=C\C/C=C\C/C=C\C/C=C\C/C=C\CCCCCCCCCC(=O)OC(/C=C\CCCCCCCCCCC)C(COP(=O)([O-])OCC[N+](C)(C)C)NC(=O)CCCCCCCCCCCCCCCCCCC/C=C\C/C=C\CCCCC. The molecule has 9 nitrogen and oxygen atoms in total. The molecule has 1 N–H and O–H groups in total. The molecule has 10 heteroatoms. The molecule has 0 radical (unpaired) electrons. The third kappa shape index (κ3) is 67.2. The highest BCUT2D eigenvalue weighted by molar-refractivity contribution is 7.45. The van der Waals surface area contributed by atoms with Crippen molar-refractivity contribution in [1.29, 1.82) is 0 Å². The lowest BCUT2D eigenvalue weighted by atomic mass is 10.0. The van der Waals surface area contributed by atoms with Crippen molar-refractivity contribution in [2.75, 3.05) is 40.9 Å². The second-order valence-electron chi connectivity index (χ2n) is 25.7. The Morgan fingerprint density at radius 1 is 0.414 bits per heavy atom. The first-order valence-electron chi connectivity index (χ1n) is 36.5. The van der Waals surface area contributed by atoms with E-state index in [1.807, 2.05) is 33.3 Å². The molecule has 0 rings (SSSR count). The van der Waals surface area contributed by atoms with Crippen LogP contribution in [0.5, 0.6) is 0 Å². The summed E-state index contributed by atoms with van der Waals surface area (Å²) in [6, 6.07) is -0.898. The molecular weight excluding hydrogens is 1100 g/mol. The number of quaternary nitrogens is 1. The topological polar surface area (TPSA) is 114 Å². The van der Waals surface area contributed by atoms with Gasteiger partial charge in [0.15, 0.2) is 0 Å². The number of carbonyl (C=O) groups is 2. The molecule has 1 amide bonds. The number of ether oxygens (including phenoxy) is 1. The summed E-state index contributed by atoms with van der Waals surface area (Å²) in [5, 5.41) is 3.04. The van der Waals surface area contributed by atoms with Crippen molar-refractivity contribution in [3.63, 3.8) is 0 Å². The van der Waals surface area contributed by atoms with Gasteiger partial charge in [0, 0.05) is 12.8 Å². The fourth-order valence-electron chi connectivity index (χ4n) is 10.4. The Balaban J connectivity index is 4.99. The zero-order valence-corrected chi connectivity index (χ0v) is 58.6. The van der Waals surface area contributed by atoms with E-state index < -0.39 is 26.6 Å². The lowest BCUT2D eigenvalue weighted by molar-refractivity contribution is -0.870. The van der Waals surface area contributed by atoms with Gasteiger partial charge in [0.05, 0.1) is 33.8 Å². The van der Waals surface area contributed by atoms with Gasteiger partial charge in [-0.3, -0.25) is 14.2 Å². The molecule has 0 saturated carbocycles. The Hall–Kier alpha value is -3.07. The molecule has 0 aromatic rings. The molecule has 0 aliphatic heterocycles. The van der Waals surface area contributed by atoms with Crippen LogP contribution in [0, 0.1) is 0 Å². The minimum absolute atomic E-state index is 0.0269. The molecule has 3 atom stereocenters. The van der Waals surface area contributed by atoms with Gasteiger partial charge in [-0.05, 0) is 109 Å². The number of nitrogens with one attached hydrogen (secondary N) is 1. The van der Waals surface area contributed by atoms with Gasteiger partial charge >= 0.3 is 5.97 Å². The number of carbonyl (C=O) groups excluding carboxylic acids is 2. The monoisotopic (exact) mass is 1240 g/mol. The molecule has 504 valence electrons. The molecule has 0 aliphatic rings. The second-order valence-corrected chi connectivity index (χ2v) is 27.1. The number of hydrogen-bond acceptors (Lipinski definition) is 7. The number of amides is 1. The van der Waals surface area contributed by atoms with Crippen molar-refractivity contribution in [3.8, 4) is 0 Å². The van der Waals surface area contributed by atoms with Crippen LogP contribution in [0.4, 0.5) is 0 Å². The highest BCUT2D eigenvalue weighted by Gasteiger charge is 2.27. The molecule has 0 aliphatic carbocycles. The summed E-state index contributed by atoms with van der Waals surface area (Å²) in [4.78, 5) is 40.2. The Morgan fingerprint density at radius 3 is 1.13 bits per heavy atom. The number of likely N-dealkylation sites (N-methyl/N-ethyl adjacent to an activating group) is 1. The first-order valence-corrected chi connectivity index (χ1v) is 38.0. The van der Waals surface area contributed by atoms with Crippen LogP contribution in [0.2, 0.25) is 0 Å². The first-order chi connectivity index (χ1) is 42.4. The van der Waals surface area contributed by atoms with Gasteiger partial charge < -0.3 is 28.5 Å². The van der Waals surface area contributed by atoms with E-state index in [0.717, 1.165) is 103 Å². The summed E-state index contributed by atoms with van der Waals surface area (Å²) < 4.78 is 30.4. The zero-order chi connectivity index (χ0) is 63.5. The van der Waals surface area contributed by atoms with Gasteiger partial charge in [-0.2, -0.15) is 0 Å². The largest absolute Gasteiger partial charge is 0.756 e. The Bertz CT molecular complexity index is 1810. The van der Waals surface area contributed by atoms with Gasteiger partial charge in [-0.25, -0.2) is 0 Å². The zero-order valence-electron chi connectivity index (χ0n) is 57.7. The summed E-state index contributed by atoms with van der Waals surface area (Å²) in [5.41, 5.74) is 0. The molecule has 0 aromatic carbocycles. The van der Waals surface area contributed by atoms with E-state index >= 15 is 0 Å². The number of rotatable bonds is 66. The van der Waals surface area contributed by atoms with Crippen molar-refractivity contribution < 1.29 is 37.3 Å². The lowest BCUT2D eigenvalue weighted by Crippen LogP contribution is -2.47. The number of phosphoric ester groups is 1. The summed E-state index contributed by atoms with van der Waals surface area (Å²) in [6.45, 7) is 6.72. The van der Waals surface area contributed by atoms with Gasteiger partial charge in [0.1, 0.15) is 19.3 Å². The van der Waals surface area contributed by atoms with E-state index in [0.29, 0.717) is 23.9 Å². The van der Waals surface area contributed by atoms with Crippen molar-refractivity contribution in [2.24, 2.45) is 0 Å². The summed E-state index contributed by atoms with van der Waals surface area (Å²) in [5.74, 6) is -0.548. The van der Waals surface area contributed by atoms with Crippen LogP contribution >= 0.6 is 7.82 Å². The highest BCUT2D eigenvalue weighted by Crippen LogP contribution is 2.38. The lowest BCUT2D eigenvalue weighted by Gasteiger charge is -2.30. The maximum Gasteiger partial charge on any atom is 0.306 e. The Labute approximate surface area is 538 Å². The molecule has 0 saturated heterocycles. The van der Waals surface area contributed by atoms with Crippen LogP contribution in [0.1, 0.15) is 329 Å². The Morgan fingerprint density at radius 2 is 0.736 bits per heavy atom. The molecule has 87 heavy (non-hydrogen) atoms. The van der Waals surface area contributed by atoms with Crippen molar-refractivity contribution in [3.05, 3.63) is 97.2 Å². The van der Waals surface area contributed by atoms with E-state index in [-0.39, 0.29) is 24.9 Å². The van der Waals surface area contributed by atoms with Gasteiger partial charge in [0.25, 0.3) is 7.82 Å². The molecule has 0 heterocycles. The average Bonchev–Trinajstić information content (AvgIpc) is 3.70. The highest BCUT2D eigenvalue weighted by atomic mass is 31.2. The second kappa shape index (κ2) is 65.9. The smallest absolute Gasteiger partial charge is 0.306 e. The number of hydrogen-bond donors (Lipinski definition) is 1. The van der Waals surface area contributed by atoms with E-state index in [9.17, 15) is 19.0 Å². The fraction of sp³-hybridized carbons (Fsp3) is 0.766. The van der Waals surface area contributed by atoms with E-state index in [1.54, 1.807) is 0 Å². The summed E-state index contributed by atoms with van der Waals surface area (Å²) >= 11 is 0. The maximum atomic E-state index is 13.6. The number of unbranched alkanes of at least 4 members (excludes halogenated alkanes) is 36. The summed E-state index contributed by atoms with van der Waals surface area (Å²) in [7, 11) is 1.18. The van der Waals surface area contributed by atoms with Gasteiger partial charge in [0.2, 0.25) is 5.91 Å². The summed E-state index contributed by atoms with van der Waals surface area (Å²) in [6.07, 6.45) is 89.7. The maximum absolute atomic E-state index is 13.6. The van der Waals surface area contributed by atoms with E-state index in [1.165, 1.54) is 186 Å². The third-order valence-corrected chi connectivity index (χ3v) is 17.0. The molecule has 3 unspecified atom stereocenters. The molecule has 0 bridgehead atoms. The third-order valence-electron chi connectivity index (χ3n) is 16.0. The van der Waals surface area contributed by atoms with Crippen molar-refractivity contribution in [1.82, 2.24) is 5.32 Å². The van der Waals surface area contributed by atoms with E-state index in [4.69, 9.17) is 13.8 Å². The van der Waals surface area contributed by atoms with Gasteiger partial charge in [-0.15, -0.1) is 0 Å². The molecule has 0 aromatic heterocycles. The minimum Gasteiger partial charge on any atom is -0.756 e. The van der Waals surface area contributed by atoms with Crippen LogP contribution < -0.4 is 10.2 Å². The average molecular weight is 1240 g/mol. The number of allylic oxidation sites excluding steroid dienone is 15. The number of phosphoric acid groups is 1. The number of esters is 1. The fourth-order valence-corrected chi connectivity index (χ4v) is 11.1. The quantitative estimate of drug-likeness (QED) is 0.0212. The van der Waals surface area contributed by atoms with Crippen molar-refractivity contribution >= 4 is 19.7 Å². The Kier molecular flexibility index (Phi) is 63.5. The molecule has 0 fully saturated rings. The first kappa shape index (κ1) is 83.9. The standard InChI is InChI=1S/C77H139N2O7P/c1-7-10-13-16-19-22-25-27-29-31-33-35-37-38-39-40-42-43-45-47-49-51-54-57-60-63-66-69-76(80)78-74(73-85-87(82,83)84-72-71-79(4,5)6)75(68-65-62-59-56-53-24-21-18-15-12-9-3)86-77(81)70-67-64-61-58-55-52-50-48-46-44-41-36-34-32-30-28-26-23-20-17-14-11-8-2/h11,14,19-20,22-23,27-30,34,36,44,46,65,68,74-75H,7-10,12-13,15-18,21,24-26,31-33,35,37-43,45,47-64,66-67,69-73H2,1-6H3,(H-,78,80,82,83)/b14-11-,22-19-,23-20-,29-27-,30-28-,36-34-,46-44-,68-65-. The van der Waals surface area contributed by atoms with E-state index in [2.05, 4.69) is 111 Å². The molecule has 0 spiro atoms. The van der Waals surface area contributed by atoms with Crippen molar-refractivity contribution in [2.45, 2.75) is 341 Å². The van der Waals surface area contributed by atoms with Crippen LogP contribution in [-0.2, 0) is 27.9 Å². The van der Waals surface area contributed by atoms with Crippen LogP contribution in [-0.4, -0.2) is 69.4 Å².